The van der Waals surface area contributed by atoms with Crippen molar-refractivity contribution in [1.29, 1.82) is 0 Å². The summed E-state index contributed by atoms with van der Waals surface area (Å²) in [6.07, 6.45) is 0.595. The molecule has 3 nitrogen and oxygen atoms in total. The quantitative estimate of drug-likeness (QED) is 0.924. The molecule has 1 N–H and O–H groups in total. The van der Waals surface area contributed by atoms with Crippen molar-refractivity contribution >= 4 is 27.5 Å². The van der Waals surface area contributed by atoms with E-state index in [2.05, 4.69) is 15.9 Å². The van der Waals surface area contributed by atoms with Gasteiger partial charge in [-0.3, -0.25) is 4.79 Å². The number of carbonyl (C=O) groups excluding carboxylic acids is 1. The van der Waals surface area contributed by atoms with Crippen LogP contribution in [0, 0.1) is 5.82 Å². The van der Waals surface area contributed by atoms with Crippen LogP contribution in [0.1, 0.15) is 12.8 Å². The molecular formula is C11H13BrFNO2. The van der Waals surface area contributed by atoms with E-state index in [1.54, 1.807) is 12.1 Å². The van der Waals surface area contributed by atoms with Crippen LogP contribution in [0.5, 0.6) is 0 Å². The third kappa shape index (κ3) is 3.28. The third-order valence-electron chi connectivity index (χ3n) is 2.19. The first kappa shape index (κ1) is 13.1. The van der Waals surface area contributed by atoms with E-state index in [1.165, 1.54) is 18.0 Å². The number of benzene rings is 1. The molecule has 1 aromatic carbocycles. The summed E-state index contributed by atoms with van der Waals surface area (Å²) < 4.78 is 14.2. The summed E-state index contributed by atoms with van der Waals surface area (Å²) >= 11 is 3.22. The van der Waals surface area contributed by atoms with Crippen molar-refractivity contribution in [3.05, 3.63) is 28.5 Å². The summed E-state index contributed by atoms with van der Waals surface area (Å²) in [6, 6.07) is 4.42. The highest BCUT2D eigenvalue weighted by molar-refractivity contribution is 9.10. The summed E-state index contributed by atoms with van der Waals surface area (Å²) in [5.74, 6) is -0.658. The highest BCUT2D eigenvalue weighted by Crippen LogP contribution is 2.23. The van der Waals surface area contributed by atoms with E-state index in [9.17, 15) is 9.18 Å². The minimum absolute atomic E-state index is 0.0411. The molecule has 5 heteroatoms. The van der Waals surface area contributed by atoms with Crippen LogP contribution in [-0.4, -0.2) is 24.7 Å². The maximum Gasteiger partial charge on any atom is 0.226 e. The third-order valence-corrected chi connectivity index (χ3v) is 2.69. The molecule has 1 aromatic rings. The average molecular weight is 290 g/mol. The molecule has 0 atom stereocenters. The Morgan fingerprint density at radius 3 is 2.88 bits per heavy atom. The van der Waals surface area contributed by atoms with Crippen LogP contribution in [0.15, 0.2) is 22.7 Å². The fraction of sp³-hybridized carbons (Fsp3) is 0.364. The minimum Gasteiger partial charge on any atom is -0.396 e. The molecule has 0 spiro atoms. The van der Waals surface area contributed by atoms with Crippen LogP contribution in [-0.2, 0) is 4.79 Å². The van der Waals surface area contributed by atoms with E-state index in [0.717, 1.165) is 0 Å². The van der Waals surface area contributed by atoms with Gasteiger partial charge in [-0.2, -0.15) is 0 Å². The maximum atomic E-state index is 13.4. The Morgan fingerprint density at radius 1 is 1.56 bits per heavy atom. The zero-order valence-corrected chi connectivity index (χ0v) is 10.5. The number of anilines is 1. The molecule has 0 fully saturated rings. The van der Waals surface area contributed by atoms with Gasteiger partial charge in [0.05, 0.1) is 5.69 Å². The molecule has 1 amide bonds. The standard InChI is InChI=1S/C11H13BrFNO2/c1-14(11(16)3-2-6-15)10-7-8(12)4-5-9(10)13/h4-5,7,15H,2-3,6H2,1H3. The van der Waals surface area contributed by atoms with Crippen molar-refractivity contribution in [1.82, 2.24) is 0 Å². The molecule has 0 unspecified atom stereocenters. The van der Waals surface area contributed by atoms with Crippen molar-refractivity contribution < 1.29 is 14.3 Å². The molecule has 0 saturated heterocycles. The number of carbonyl (C=O) groups is 1. The van der Waals surface area contributed by atoms with Gasteiger partial charge >= 0.3 is 0 Å². The fourth-order valence-electron chi connectivity index (χ4n) is 1.28. The van der Waals surface area contributed by atoms with E-state index in [4.69, 9.17) is 5.11 Å². The number of aliphatic hydroxyl groups excluding tert-OH is 1. The van der Waals surface area contributed by atoms with Gasteiger partial charge in [0, 0.05) is 24.5 Å². The normalized spacial score (nSPS) is 10.2. The van der Waals surface area contributed by atoms with Crippen molar-refractivity contribution in [3.8, 4) is 0 Å². The molecule has 0 aliphatic carbocycles. The number of aliphatic hydroxyl groups is 1. The van der Waals surface area contributed by atoms with Gasteiger partial charge in [0.1, 0.15) is 5.82 Å². The Bertz CT molecular complexity index is 384. The lowest BCUT2D eigenvalue weighted by molar-refractivity contribution is -0.118. The zero-order valence-electron chi connectivity index (χ0n) is 8.91. The van der Waals surface area contributed by atoms with Crippen molar-refractivity contribution in [2.24, 2.45) is 0 Å². The Labute approximate surface area is 102 Å². The molecule has 0 aliphatic heterocycles. The fourth-order valence-corrected chi connectivity index (χ4v) is 1.62. The van der Waals surface area contributed by atoms with Crippen LogP contribution in [0.2, 0.25) is 0 Å². The lowest BCUT2D eigenvalue weighted by Crippen LogP contribution is -2.27. The topological polar surface area (TPSA) is 40.5 Å². The number of amides is 1. The Morgan fingerprint density at radius 2 is 2.25 bits per heavy atom. The van der Waals surface area contributed by atoms with Gasteiger partial charge in [-0.1, -0.05) is 15.9 Å². The van der Waals surface area contributed by atoms with E-state index in [1.807, 2.05) is 0 Å². The molecule has 16 heavy (non-hydrogen) atoms. The van der Waals surface area contributed by atoms with Crippen LogP contribution < -0.4 is 4.90 Å². The maximum absolute atomic E-state index is 13.4. The van der Waals surface area contributed by atoms with Crippen molar-refractivity contribution in [2.75, 3.05) is 18.6 Å². The Kier molecular flexibility index (Phi) is 4.89. The SMILES string of the molecule is CN(C(=O)CCCO)c1cc(Br)ccc1F. The van der Waals surface area contributed by atoms with Gasteiger partial charge < -0.3 is 10.0 Å². The summed E-state index contributed by atoms with van der Waals surface area (Å²) in [5.41, 5.74) is 0.234. The summed E-state index contributed by atoms with van der Waals surface area (Å²) in [5, 5.41) is 8.61. The molecule has 0 aromatic heterocycles. The zero-order chi connectivity index (χ0) is 12.1. The van der Waals surface area contributed by atoms with Crippen LogP contribution in [0.25, 0.3) is 0 Å². The second-order valence-electron chi connectivity index (χ2n) is 3.38. The number of hydrogen-bond acceptors (Lipinski definition) is 2. The predicted octanol–water partition coefficient (Wildman–Crippen LogP) is 2.32. The summed E-state index contributed by atoms with van der Waals surface area (Å²) in [4.78, 5) is 12.9. The smallest absolute Gasteiger partial charge is 0.226 e. The number of nitrogens with zero attached hydrogens (tertiary/aromatic N) is 1. The second kappa shape index (κ2) is 5.96. The molecular weight excluding hydrogens is 277 g/mol. The first-order valence-electron chi connectivity index (χ1n) is 4.88. The molecule has 0 aliphatic rings. The summed E-state index contributed by atoms with van der Waals surface area (Å²) in [6.45, 7) is -0.0411. The lowest BCUT2D eigenvalue weighted by Gasteiger charge is -2.18. The van der Waals surface area contributed by atoms with Gasteiger partial charge in [-0.05, 0) is 24.6 Å². The van der Waals surface area contributed by atoms with E-state index < -0.39 is 5.82 Å². The predicted molar refractivity (Wildman–Crippen MR) is 63.8 cm³/mol. The molecule has 0 bridgehead atoms. The van der Waals surface area contributed by atoms with E-state index >= 15 is 0 Å². The first-order valence-corrected chi connectivity index (χ1v) is 5.68. The first-order chi connectivity index (χ1) is 7.56. The van der Waals surface area contributed by atoms with Gasteiger partial charge in [-0.25, -0.2) is 4.39 Å². The monoisotopic (exact) mass is 289 g/mol. The van der Waals surface area contributed by atoms with Crippen molar-refractivity contribution in [3.63, 3.8) is 0 Å². The van der Waals surface area contributed by atoms with Crippen LogP contribution in [0.3, 0.4) is 0 Å². The average Bonchev–Trinajstić information content (AvgIpc) is 2.28. The number of halogens is 2. The molecule has 88 valence electrons. The largest absolute Gasteiger partial charge is 0.396 e. The van der Waals surface area contributed by atoms with Crippen LogP contribution in [0.4, 0.5) is 10.1 Å². The Hall–Kier alpha value is -0.940. The molecule has 0 heterocycles. The van der Waals surface area contributed by atoms with Crippen molar-refractivity contribution in [2.45, 2.75) is 12.8 Å². The van der Waals surface area contributed by atoms with Gasteiger partial charge in [0.2, 0.25) is 5.91 Å². The second-order valence-corrected chi connectivity index (χ2v) is 4.29. The molecule has 0 radical (unpaired) electrons. The molecule has 0 saturated carbocycles. The number of hydrogen-bond donors (Lipinski definition) is 1. The van der Waals surface area contributed by atoms with E-state index in [-0.39, 0.29) is 24.6 Å². The van der Waals surface area contributed by atoms with Crippen LogP contribution >= 0.6 is 15.9 Å². The lowest BCUT2D eigenvalue weighted by atomic mass is 10.2. The molecule has 1 rings (SSSR count). The van der Waals surface area contributed by atoms with E-state index in [0.29, 0.717) is 10.9 Å². The van der Waals surface area contributed by atoms with Gasteiger partial charge in [0.15, 0.2) is 0 Å². The van der Waals surface area contributed by atoms with Gasteiger partial charge in [-0.15, -0.1) is 0 Å². The summed E-state index contributed by atoms with van der Waals surface area (Å²) in [7, 11) is 1.52. The highest BCUT2D eigenvalue weighted by atomic mass is 79.9. The number of rotatable bonds is 4. The minimum atomic E-state index is -0.442. The van der Waals surface area contributed by atoms with Gasteiger partial charge in [0.25, 0.3) is 0 Å². The highest BCUT2D eigenvalue weighted by Gasteiger charge is 2.14. The Balaban J connectivity index is 2.82.